The van der Waals surface area contributed by atoms with Gasteiger partial charge in [0.25, 0.3) is 5.91 Å². The van der Waals surface area contributed by atoms with E-state index < -0.39 is 0 Å². The lowest BCUT2D eigenvalue weighted by Crippen LogP contribution is -2.11. The van der Waals surface area contributed by atoms with Crippen LogP contribution in [0.2, 0.25) is 0 Å². The zero-order valence-corrected chi connectivity index (χ0v) is 11.6. The number of benzene rings is 2. The van der Waals surface area contributed by atoms with E-state index in [-0.39, 0.29) is 11.7 Å². The first-order chi connectivity index (χ1) is 10.2. The highest BCUT2D eigenvalue weighted by Crippen LogP contribution is 2.21. The number of nitrogens with zero attached hydrogens (tertiary/aromatic N) is 2. The number of rotatable bonds is 3. The van der Waals surface area contributed by atoms with Crippen LogP contribution in [0.1, 0.15) is 10.4 Å². The molecule has 0 fully saturated rings. The summed E-state index contributed by atoms with van der Waals surface area (Å²) < 4.78 is 17.0. The SMILES string of the molecule is O=C(Nc1nc(-c2ccccc2)ns1)c1ccc(F)cc1. The smallest absolute Gasteiger partial charge is 0.257 e. The quantitative estimate of drug-likeness (QED) is 0.804. The molecule has 3 aromatic rings. The Morgan fingerprint density at radius 2 is 1.76 bits per heavy atom. The van der Waals surface area contributed by atoms with Gasteiger partial charge in [0.15, 0.2) is 5.82 Å². The molecule has 0 spiro atoms. The first-order valence-electron chi connectivity index (χ1n) is 6.18. The van der Waals surface area contributed by atoms with Gasteiger partial charge in [0, 0.05) is 22.7 Å². The van der Waals surface area contributed by atoms with Gasteiger partial charge in [-0.25, -0.2) is 4.39 Å². The highest BCUT2D eigenvalue weighted by atomic mass is 32.1. The summed E-state index contributed by atoms with van der Waals surface area (Å²) in [4.78, 5) is 16.2. The van der Waals surface area contributed by atoms with E-state index in [1.165, 1.54) is 24.3 Å². The molecular formula is C15H10FN3OS. The van der Waals surface area contributed by atoms with Crippen molar-refractivity contribution in [3.05, 3.63) is 66.0 Å². The average molecular weight is 299 g/mol. The van der Waals surface area contributed by atoms with Crippen LogP contribution < -0.4 is 5.32 Å². The number of hydrogen-bond acceptors (Lipinski definition) is 4. The lowest BCUT2D eigenvalue weighted by atomic mass is 10.2. The van der Waals surface area contributed by atoms with Gasteiger partial charge < -0.3 is 0 Å². The number of hydrogen-bond donors (Lipinski definition) is 1. The van der Waals surface area contributed by atoms with Gasteiger partial charge in [-0.15, -0.1) is 0 Å². The predicted molar refractivity (Wildman–Crippen MR) is 79.7 cm³/mol. The van der Waals surface area contributed by atoms with Crippen LogP contribution >= 0.6 is 11.5 Å². The molecular weight excluding hydrogens is 289 g/mol. The summed E-state index contributed by atoms with van der Waals surface area (Å²) in [5.41, 5.74) is 1.25. The van der Waals surface area contributed by atoms with Crippen LogP contribution in [0.3, 0.4) is 0 Å². The monoisotopic (exact) mass is 299 g/mol. The van der Waals surface area contributed by atoms with Crippen LogP contribution in [0.25, 0.3) is 11.4 Å². The van der Waals surface area contributed by atoms with Gasteiger partial charge in [-0.05, 0) is 24.3 Å². The highest BCUT2D eigenvalue weighted by molar-refractivity contribution is 7.10. The predicted octanol–water partition coefficient (Wildman–Crippen LogP) is 3.60. The fraction of sp³-hybridized carbons (Fsp3) is 0. The van der Waals surface area contributed by atoms with Crippen molar-refractivity contribution in [1.29, 1.82) is 0 Å². The number of anilines is 1. The molecule has 0 saturated carbocycles. The third-order valence-electron chi connectivity index (χ3n) is 2.78. The summed E-state index contributed by atoms with van der Waals surface area (Å²) in [6, 6.07) is 14.8. The van der Waals surface area contributed by atoms with Gasteiger partial charge in [0.1, 0.15) is 5.82 Å². The number of halogens is 1. The van der Waals surface area contributed by atoms with Gasteiger partial charge in [-0.2, -0.15) is 9.36 Å². The minimum Gasteiger partial charge on any atom is -0.297 e. The van der Waals surface area contributed by atoms with Crippen molar-refractivity contribution in [2.24, 2.45) is 0 Å². The lowest BCUT2D eigenvalue weighted by molar-refractivity contribution is 0.102. The molecule has 21 heavy (non-hydrogen) atoms. The first kappa shape index (κ1) is 13.4. The van der Waals surface area contributed by atoms with Crippen molar-refractivity contribution >= 4 is 22.6 Å². The van der Waals surface area contributed by atoms with Gasteiger partial charge in [0.05, 0.1) is 0 Å². The fourth-order valence-electron chi connectivity index (χ4n) is 1.75. The average Bonchev–Trinajstić information content (AvgIpc) is 2.97. The van der Waals surface area contributed by atoms with E-state index in [1.807, 2.05) is 30.3 Å². The fourth-order valence-corrected chi connectivity index (χ4v) is 2.33. The molecule has 0 aliphatic rings. The Kier molecular flexibility index (Phi) is 3.70. The van der Waals surface area contributed by atoms with Crippen LogP contribution in [0.15, 0.2) is 54.6 Å². The molecule has 1 amide bonds. The van der Waals surface area contributed by atoms with Crippen LogP contribution in [0.4, 0.5) is 9.52 Å². The molecule has 0 radical (unpaired) electrons. The minimum absolute atomic E-state index is 0.342. The molecule has 1 heterocycles. The zero-order chi connectivity index (χ0) is 14.7. The van der Waals surface area contributed by atoms with Gasteiger partial charge in [0.2, 0.25) is 5.13 Å². The normalized spacial score (nSPS) is 10.3. The van der Waals surface area contributed by atoms with Crippen molar-refractivity contribution in [3.8, 4) is 11.4 Å². The van der Waals surface area contributed by atoms with Crippen molar-refractivity contribution in [1.82, 2.24) is 9.36 Å². The Hall–Kier alpha value is -2.60. The third kappa shape index (κ3) is 3.11. The van der Waals surface area contributed by atoms with Crippen molar-refractivity contribution in [2.75, 3.05) is 5.32 Å². The van der Waals surface area contributed by atoms with Crippen LogP contribution in [-0.2, 0) is 0 Å². The van der Waals surface area contributed by atoms with E-state index in [2.05, 4.69) is 14.7 Å². The molecule has 1 aromatic heterocycles. The number of carbonyl (C=O) groups excluding carboxylic acids is 1. The maximum atomic E-state index is 12.8. The molecule has 6 heteroatoms. The van der Waals surface area contributed by atoms with E-state index in [0.717, 1.165) is 17.1 Å². The Morgan fingerprint density at radius 1 is 1.05 bits per heavy atom. The van der Waals surface area contributed by atoms with Crippen LogP contribution in [0, 0.1) is 5.82 Å². The third-order valence-corrected chi connectivity index (χ3v) is 3.42. The largest absolute Gasteiger partial charge is 0.297 e. The van der Waals surface area contributed by atoms with Gasteiger partial charge >= 0.3 is 0 Å². The zero-order valence-electron chi connectivity index (χ0n) is 10.8. The molecule has 2 aromatic carbocycles. The molecule has 104 valence electrons. The molecule has 0 unspecified atom stereocenters. The van der Waals surface area contributed by atoms with Crippen LogP contribution in [0.5, 0.6) is 0 Å². The van der Waals surface area contributed by atoms with E-state index >= 15 is 0 Å². The standard InChI is InChI=1S/C15H10FN3OS/c16-12-8-6-11(7-9-12)14(20)18-15-17-13(19-21-15)10-4-2-1-3-5-10/h1-9H,(H,17,18,19,20). The second-order valence-corrected chi connectivity index (χ2v) is 5.00. The second kappa shape index (κ2) is 5.80. The molecule has 0 aliphatic heterocycles. The Bertz CT molecular complexity index is 756. The number of carbonyl (C=O) groups is 1. The molecule has 0 bridgehead atoms. The summed E-state index contributed by atoms with van der Waals surface area (Å²) in [6.07, 6.45) is 0. The molecule has 1 N–H and O–H groups in total. The van der Waals surface area contributed by atoms with Crippen LogP contribution in [-0.4, -0.2) is 15.3 Å². The van der Waals surface area contributed by atoms with Crippen molar-refractivity contribution in [2.45, 2.75) is 0 Å². The second-order valence-electron chi connectivity index (χ2n) is 4.25. The van der Waals surface area contributed by atoms with E-state index in [9.17, 15) is 9.18 Å². The molecule has 0 aliphatic carbocycles. The summed E-state index contributed by atoms with van der Waals surface area (Å²) in [6.45, 7) is 0. The summed E-state index contributed by atoms with van der Waals surface area (Å²) >= 11 is 1.10. The lowest BCUT2D eigenvalue weighted by Gasteiger charge is -2.00. The topological polar surface area (TPSA) is 54.9 Å². The Morgan fingerprint density at radius 3 is 2.48 bits per heavy atom. The number of amides is 1. The number of aromatic nitrogens is 2. The summed E-state index contributed by atoms with van der Waals surface area (Å²) in [5.74, 6) is -0.158. The minimum atomic E-state index is -0.381. The van der Waals surface area contributed by atoms with Gasteiger partial charge in [-0.1, -0.05) is 30.3 Å². The summed E-state index contributed by atoms with van der Waals surface area (Å²) in [5, 5.41) is 3.06. The molecule has 0 saturated heterocycles. The van der Waals surface area contributed by atoms with E-state index in [4.69, 9.17) is 0 Å². The number of nitrogens with one attached hydrogen (secondary N) is 1. The maximum absolute atomic E-state index is 12.8. The molecule has 4 nitrogen and oxygen atoms in total. The maximum Gasteiger partial charge on any atom is 0.257 e. The highest BCUT2D eigenvalue weighted by Gasteiger charge is 2.11. The summed E-state index contributed by atoms with van der Waals surface area (Å²) in [7, 11) is 0. The molecule has 0 atom stereocenters. The molecule has 3 rings (SSSR count). The first-order valence-corrected chi connectivity index (χ1v) is 6.96. The van der Waals surface area contributed by atoms with Crippen molar-refractivity contribution < 1.29 is 9.18 Å². The Labute approximate surface area is 124 Å². The Balaban J connectivity index is 1.75. The van der Waals surface area contributed by atoms with E-state index in [1.54, 1.807) is 0 Å². The van der Waals surface area contributed by atoms with Gasteiger partial charge in [-0.3, -0.25) is 10.1 Å². The van der Waals surface area contributed by atoms with E-state index in [0.29, 0.717) is 16.5 Å². The van der Waals surface area contributed by atoms with Crippen molar-refractivity contribution in [3.63, 3.8) is 0 Å².